The van der Waals surface area contributed by atoms with Gasteiger partial charge in [0.05, 0.1) is 19.1 Å². The van der Waals surface area contributed by atoms with Crippen molar-refractivity contribution >= 4 is 5.97 Å². The highest BCUT2D eigenvalue weighted by Crippen LogP contribution is 2.28. The second-order valence-corrected chi connectivity index (χ2v) is 5.54. The molecule has 1 fully saturated rings. The Morgan fingerprint density at radius 1 is 1.63 bits per heavy atom. The SMILES string of the molecule is COC(=O)C(CC(C)C)n1cncc1[C@@H]1CCCN1. The molecule has 0 amide bonds. The monoisotopic (exact) mass is 265 g/mol. The minimum atomic E-state index is -0.273. The van der Waals surface area contributed by atoms with Gasteiger partial charge < -0.3 is 14.6 Å². The molecule has 2 atom stereocenters. The summed E-state index contributed by atoms with van der Waals surface area (Å²) in [6, 6.07) is 0.0340. The summed E-state index contributed by atoms with van der Waals surface area (Å²) >= 11 is 0. The van der Waals surface area contributed by atoms with Gasteiger partial charge in [-0.2, -0.15) is 0 Å². The number of hydrogen-bond acceptors (Lipinski definition) is 4. The van der Waals surface area contributed by atoms with Crippen molar-refractivity contribution in [3.05, 3.63) is 18.2 Å². The Labute approximate surface area is 114 Å². The minimum absolute atomic E-state index is 0.189. The second kappa shape index (κ2) is 6.19. The van der Waals surface area contributed by atoms with Crippen LogP contribution in [0.5, 0.6) is 0 Å². The molecule has 19 heavy (non-hydrogen) atoms. The molecule has 2 rings (SSSR count). The van der Waals surface area contributed by atoms with E-state index in [0.717, 1.165) is 25.1 Å². The first-order valence-corrected chi connectivity index (χ1v) is 6.96. The predicted molar refractivity (Wildman–Crippen MR) is 72.7 cm³/mol. The Morgan fingerprint density at radius 2 is 2.42 bits per heavy atom. The summed E-state index contributed by atoms with van der Waals surface area (Å²) in [6.07, 6.45) is 6.64. The van der Waals surface area contributed by atoms with E-state index in [2.05, 4.69) is 24.1 Å². The second-order valence-electron chi connectivity index (χ2n) is 5.54. The zero-order valence-corrected chi connectivity index (χ0v) is 11.9. The number of carbonyl (C=O) groups excluding carboxylic acids is 1. The molecule has 0 aliphatic carbocycles. The number of hydrogen-bond donors (Lipinski definition) is 1. The molecule has 1 saturated heterocycles. The first-order valence-electron chi connectivity index (χ1n) is 6.96. The smallest absolute Gasteiger partial charge is 0.328 e. The summed E-state index contributed by atoms with van der Waals surface area (Å²) in [4.78, 5) is 16.2. The summed E-state index contributed by atoms with van der Waals surface area (Å²) in [5.74, 6) is 0.238. The van der Waals surface area contributed by atoms with Gasteiger partial charge in [0.25, 0.3) is 0 Å². The van der Waals surface area contributed by atoms with E-state index in [1.807, 2.05) is 10.8 Å². The maximum atomic E-state index is 12.0. The fraction of sp³-hybridized carbons (Fsp3) is 0.714. The van der Waals surface area contributed by atoms with Crippen LogP contribution < -0.4 is 5.32 Å². The number of nitrogens with one attached hydrogen (secondary N) is 1. The number of nitrogens with zero attached hydrogens (tertiary/aromatic N) is 2. The van der Waals surface area contributed by atoms with Crippen LogP contribution in [-0.2, 0) is 9.53 Å². The number of imidazole rings is 1. The van der Waals surface area contributed by atoms with Crippen LogP contribution in [0, 0.1) is 5.92 Å². The van der Waals surface area contributed by atoms with Gasteiger partial charge in [-0.1, -0.05) is 13.8 Å². The van der Waals surface area contributed by atoms with Crippen LogP contribution in [0.1, 0.15) is 50.9 Å². The normalized spacial score (nSPS) is 20.7. The molecule has 1 unspecified atom stereocenters. The lowest BCUT2D eigenvalue weighted by Gasteiger charge is -2.22. The van der Waals surface area contributed by atoms with Gasteiger partial charge in [0.15, 0.2) is 0 Å². The summed E-state index contributed by atoms with van der Waals surface area (Å²) in [7, 11) is 1.44. The molecule has 106 valence electrons. The molecule has 1 aromatic rings. The molecular weight excluding hydrogens is 242 g/mol. The minimum Gasteiger partial charge on any atom is -0.467 e. The highest BCUT2D eigenvalue weighted by atomic mass is 16.5. The number of ether oxygens (including phenoxy) is 1. The highest BCUT2D eigenvalue weighted by molar-refractivity contribution is 5.74. The predicted octanol–water partition coefficient (Wildman–Crippen LogP) is 2.07. The first kappa shape index (κ1) is 14.1. The standard InChI is InChI=1S/C14H23N3O2/c1-10(2)7-12(14(18)19-3)17-9-15-8-13(17)11-5-4-6-16-11/h8-12,16H,4-7H2,1-3H3/t11-,12?/m0/s1. The molecule has 0 bridgehead atoms. The van der Waals surface area contributed by atoms with Crippen LogP contribution in [0.2, 0.25) is 0 Å². The Bertz CT molecular complexity index is 422. The van der Waals surface area contributed by atoms with Crippen LogP contribution in [0.4, 0.5) is 0 Å². The summed E-state index contributed by atoms with van der Waals surface area (Å²) in [5, 5.41) is 3.45. The Balaban J connectivity index is 2.25. The fourth-order valence-electron chi connectivity index (χ4n) is 2.69. The molecule has 2 heterocycles. The van der Waals surface area contributed by atoms with Crippen molar-refractivity contribution in [2.75, 3.05) is 13.7 Å². The molecule has 0 aromatic carbocycles. The molecule has 0 saturated carbocycles. The van der Waals surface area contributed by atoms with Gasteiger partial charge in [-0.25, -0.2) is 9.78 Å². The topological polar surface area (TPSA) is 56.2 Å². The van der Waals surface area contributed by atoms with Crippen molar-refractivity contribution in [2.45, 2.75) is 45.2 Å². The summed E-state index contributed by atoms with van der Waals surface area (Å²) in [5.41, 5.74) is 1.09. The third-order valence-electron chi connectivity index (χ3n) is 3.62. The van der Waals surface area contributed by atoms with Crippen molar-refractivity contribution in [2.24, 2.45) is 5.92 Å². The van der Waals surface area contributed by atoms with Crippen LogP contribution in [0.25, 0.3) is 0 Å². The molecule has 5 heteroatoms. The fourth-order valence-corrected chi connectivity index (χ4v) is 2.69. The molecular formula is C14H23N3O2. The first-order chi connectivity index (χ1) is 9.13. The van der Waals surface area contributed by atoms with Crippen molar-refractivity contribution in [3.8, 4) is 0 Å². The number of carbonyl (C=O) groups is 1. The van der Waals surface area contributed by atoms with E-state index >= 15 is 0 Å². The van der Waals surface area contributed by atoms with E-state index in [1.165, 1.54) is 13.5 Å². The largest absolute Gasteiger partial charge is 0.467 e. The zero-order valence-electron chi connectivity index (χ0n) is 11.9. The average Bonchev–Trinajstić information content (AvgIpc) is 3.04. The number of rotatable bonds is 5. The van der Waals surface area contributed by atoms with E-state index in [-0.39, 0.29) is 12.0 Å². The van der Waals surface area contributed by atoms with Crippen LogP contribution in [0.15, 0.2) is 12.5 Å². The van der Waals surface area contributed by atoms with Crippen LogP contribution in [0.3, 0.4) is 0 Å². The van der Waals surface area contributed by atoms with Crippen LogP contribution in [-0.4, -0.2) is 29.2 Å². The van der Waals surface area contributed by atoms with Gasteiger partial charge in [0.2, 0.25) is 0 Å². The van der Waals surface area contributed by atoms with Gasteiger partial charge in [-0.05, 0) is 31.7 Å². The molecule has 1 aliphatic rings. The van der Waals surface area contributed by atoms with E-state index in [1.54, 1.807) is 6.33 Å². The third kappa shape index (κ3) is 3.15. The van der Waals surface area contributed by atoms with E-state index in [4.69, 9.17) is 4.74 Å². The van der Waals surface area contributed by atoms with E-state index < -0.39 is 0 Å². The van der Waals surface area contributed by atoms with Gasteiger partial charge in [0, 0.05) is 12.2 Å². The van der Waals surface area contributed by atoms with Gasteiger partial charge in [0.1, 0.15) is 6.04 Å². The number of methoxy groups -OCH3 is 1. The number of esters is 1. The number of aromatic nitrogens is 2. The van der Waals surface area contributed by atoms with Crippen molar-refractivity contribution in [1.82, 2.24) is 14.9 Å². The molecule has 1 aromatic heterocycles. The molecule has 0 radical (unpaired) electrons. The maximum Gasteiger partial charge on any atom is 0.328 e. The highest BCUT2D eigenvalue weighted by Gasteiger charge is 2.28. The lowest BCUT2D eigenvalue weighted by molar-refractivity contribution is -0.145. The molecule has 5 nitrogen and oxygen atoms in total. The Hall–Kier alpha value is -1.36. The molecule has 1 N–H and O–H groups in total. The van der Waals surface area contributed by atoms with Crippen LogP contribution >= 0.6 is 0 Å². The molecule has 1 aliphatic heterocycles. The lowest BCUT2D eigenvalue weighted by atomic mass is 10.0. The van der Waals surface area contributed by atoms with Gasteiger partial charge >= 0.3 is 5.97 Å². The third-order valence-corrected chi connectivity index (χ3v) is 3.62. The molecule has 0 spiro atoms. The van der Waals surface area contributed by atoms with Gasteiger partial charge in [-0.15, -0.1) is 0 Å². The lowest BCUT2D eigenvalue weighted by Crippen LogP contribution is -2.26. The quantitative estimate of drug-likeness (QED) is 0.828. The van der Waals surface area contributed by atoms with E-state index in [9.17, 15) is 4.79 Å². The Kier molecular flexibility index (Phi) is 4.58. The Morgan fingerprint density at radius 3 is 3.00 bits per heavy atom. The summed E-state index contributed by atoms with van der Waals surface area (Å²) < 4.78 is 6.93. The average molecular weight is 265 g/mol. The van der Waals surface area contributed by atoms with Crippen molar-refractivity contribution in [3.63, 3.8) is 0 Å². The summed E-state index contributed by atoms with van der Waals surface area (Å²) in [6.45, 7) is 5.25. The van der Waals surface area contributed by atoms with E-state index in [0.29, 0.717) is 12.0 Å². The van der Waals surface area contributed by atoms with Crippen molar-refractivity contribution in [1.29, 1.82) is 0 Å². The van der Waals surface area contributed by atoms with Crippen molar-refractivity contribution < 1.29 is 9.53 Å². The zero-order chi connectivity index (χ0) is 13.8. The van der Waals surface area contributed by atoms with Gasteiger partial charge in [-0.3, -0.25) is 0 Å². The maximum absolute atomic E-state index is 12.0.